The molecule has 0 radical (unpaired) electrons. The first-order chi connectivity index (χ1) is 16.2. The summed E-state index contributed by atoms with van der Waals surface area (Å²) in [6.07, 6.45) is -5.96. The lowest BCUT2D eigenvalue weighted by Gasteiger charge is -2.31. The molecule has 0 spiro atoms. The number of amides is 1. The Bertz CT molecular complexity index is 1260. The number of carbonyl (C=O) groups is 1. The van der Waals surface area contributed by atoms with Gasteiger partial charge in [-0.15, -0.1) is 0 Å². The van der Waals surface area contributed by atoms with E-state index in [4.69, 9.17) is 9.47 Å². The second-order valence-electron chi connectivity index (χ2n) is 8.20. The summed E-state index contributed by atoms with van der Waals surface area (Å²) in [5, 5.41) is 17.9. The van der Waals surface area contributed by atoms with Crippen LogP contribution in [0.3, 0.4) is 0 Å². The van der Waals surface area contributed by atoms with E-state index in [0.29, 0.717) is 30.1 Å². The summed E-state index contributed by atoms with van der Waals surface area (Å²) < 4.78 is 52.2. The molecule has 1 amide bonds. The topological polar surface area (TPSA) is 98.5 Å². The van der Waals surface area contributed by atoms with Crippen molar-refractivity contribution < 1.29 is 32.5 Å². The molecule has 5 rings (SSSR count). The monoisotopic (exact) mass is 474 g/mol. The molecule has 0 aliphatic carbocycles. The zero-order chi connectivity index (χ0) is 24.0. The average molecular weight is 474 g/mol. The maximum Gasteiger partial charge on any atom is 0.416 e. The minimum absolute atomic E-state index is 0.0375. The molecule has 11 heteroatoms. The second-order valence-corrected chi connectivity index (χ2v) is 8.20. The van der Waals surface area contributed by atoms with Crippen molar-refractivity contribution in [3.05, 3.63) is 64.6 Å². The van der Waals surface area contributed by atoms with Gasteiger partial charge in [0.1, 0.15) is 18.5 Å². The highest BCUT2D eigenvalue weighted by molar-refractivity contribution is 5.99. The molecular weight excluding hydrogens is 453 g/mol. The molecule has 2 aromatic heterocycles. The number of aliphatic hydroxyl groups excluding tert-OH is 1. The molecule has 34 heavy (non-hydrogen) atoms. The summed E-state index contributed by atoms with van der Waals surface area (Å²) in [6, 6.07) is 7.35. The van der Waals surface area contributed by atoms with Crippen molar-refractivity contribution in [2.45, 2.75) is 38.4 Å². The number of nitrogens with one attached hydrogen (secondary N) is 1. The Morgan fingerprint density at radius 3 is 2.85 bits per heavy atom. The van der Waals surface area contributed by atoms with Crippen LogP contribution in [0, 0.1) is 6.92 Å². The maximum atomic E-state index is 13.3. The fourth-order valence-electron chi connectivity index (χ4n) is 4.19. The summed E-state index contributed by atoms with van der Waals surface area (Å²) >= 11 is 0. The zero-order valence-electron chi connectivity index (χ0n) is 18.1. The van der Waals surface area contributed by atoms with Gasteiger partial charge >= 0.3 is 6.18 Å². The summed E-state index contributed by atoms with van der Waals surface area (Å²) in [4.78, 5) is 17.8. The molecule has 2 atom stereocenters. The molecule has 1 aromatic carbocycles. The number of hydrogen-bond acceptors (Lipinski definition) is 6. The first-order valence-corrected chi connectivity index (χ1v) is 10.7. The Kier molecular flexibility index (Phi) is 5.53. The van der Waals surface area contributed by atoms with Gasteiger partial charge in [0, 0.05) is 11.3 Å². The van der Waals surface area contributed by atoms with E-state index in [1.165, 1.54) is 6.07 Å². The lowest BCUT2D eigenvalue weighted by atomic mass is 9.96. The summed E-state index contributed by atoms with van der Waals surface area (Å²) in [7, 11) is 0. The maximum absolute atomic E-state index is 13.3. The first kappa shape index (κ1) is 22.4. The molecule has 0 fully saturated rings. The Hall–Kier alpha value is -3.44. The number of halogens is 3. The molecule has 0 saturated carbocycles. The van der Waals surface area contributed by atoms with E-state index in [1.807, 2.05) is 19.1 Å². The van der Waals surface area contributed by atoms with Gasteiger partial charge in [-0.05, 0) is 37.3 Å². The molecular formula is C23H21F3N4O4. The van der Waals surface area contributed by atoms with Crippen LogP contribution in [-0.2, 0) is 24.1 Å². The number of rotatable bonds is 3. The van der Waals surface area contributed by atoms with Crippen LogP contribution in [0.4, 0.5) is 13.2 Å². The predicted molar refractivity (Wildman–Crippen MR) is 113 cm³/mol. The summed E-state index contributed by atoms with van der Waals surface area (Å²) in [5.74, 6) is -0.450. The Labute approximate surface area is 192 Å². The van der Waals surface area contributed by atoms with Crippen molar-refractivity contribution in [1.29, 1.82) is 0 Å². The summed E-state index contributed by atoms with van der Waals surface area (Å²) in [6.45, 7) is 2.89. The zero-order valence-corrected chi connectivity index (χ0v) is 18.1. The number of nitrogens with zero attached hydrogens (tertiary/aromatic N) is 3. The van der Waals surface area contributed by atoms with Crippen LogP contribution in [0.25, 0.3) is 11.3 Å². The summed E-state index contributed by atoms with van der Waals surface area (Å²) in [5.41, 5.74) is 1.69. The lowest BCUT2D eigenvalue weighted by molar-refractivity contribution is -0.137. The van der Waals surface area contributed by atoms with Crippen LogP contribution in [0.1, 0.15) is 39.1 Å². The van der Waals surface area contributed by atoms with E-state index in [0.717, 1.165) is 17.8 Å². The molecule has 4 heterocycles. The molecule has 8 nitrogen and oxygen atoms in total. The number of aromatic nitrogens is 3. The van der Waals surface area contributed by atoms with Crippen molar-refractivity contribution >= 4 is 5.91 Å². The SMILES string of the molecule is Cc1cccc(-c2c(C(=O)N[C@H]3COc4ccc(C(F)(F)F)cc4C3O)nn3c2COCC3)n1. The number of ether oxygens (including phenoxy) is 2. The third-order valence-electron chi connectivity index (χ3n) is 5.88. The fraction of sp³-hybridized carbons (Fsp3) is 0.348. The van der Waals surface area contributed by atoms with Gasteiger partial charge in [-0.25, -0.2) is 0 Å². The van der Waals surface area contributed by atoms with Crippen LogP contribution < -0.4 is 10.1 Å². The highest BCUT2D eigenvalue weighted by atomic mass is 19.4. The van der Waals surface area contributed by atoms with Crippen molar-refractivity contribution in [2.24, 2.45) is 0 Å². The van der Waals surface area contributed by atoms with Gasteiger partial charge in [0.25, 0.3) is 5.91 Å². The molecule has 2 N–H and O–H groups in total. The Morgan fingerprint density at radius 1 is 1.26 bits per heavy atom. The molecule has 1 unspecified atom stereocenters. The number of pyridine rings is 1. The molecule has 2 aliphatic heterocycles. The minimum Gasteiger partial charge on any atom is -0.491 e. The van der Waals surface area contributed by atoms with E-state index in [-0.39, 0.29) is 30.2 Å². The van der Waals surface area contributed by atoms with Crippen molar-refractivity contribution in [2.75, 3.05) is 13.2 Å². The number of aryl methyl sites for hydroxylation is 1. The van der Waals surface area contributed by atoms with Crippen LogP contribution >= 0.6 is 0 Å². The minimum atomic E-state index is -4.57. The normalized spacial score (nSPS) is 19.7. The number of carbonyl (C=O) groups excluding carboxylic acids is 1. The Morgan fingerprint density at radius 2 is 2.09 bits per heavy atom. The van der Waals surface area contributed by atoms with E-state index in [1.54, 1.807) is 10.7 Å². The smallest absolute Gasteiger partial charge is 0.416 e. The number of alkyl halides is 3. The fourth-order valence-corrected chi connectivity index (χ4v) is 4.19. The second kappa shape index (κ2) is 8.41. The number of aliphatic hydroxyl groups is 1. The quantitative estimate of drug-likeness (QED) is 0.606. The molecule has 2 aliphatic rings. The third kappa shape index (κ3) is 4.01. The average Bonchev–Trinajstić information content (AvgIpc) is 3.20. The van der Waals surface area contributed by atoms with Gasteiger partial charge in [-0.3, -0.25) is 14.5 Å². The largest absolute Gasteiger partial charge is 0.491 e. The van der Waals surface area contributed by atoms with Gasteiger partial charge in [0.05, 0.1) is 48.3 Å². The van der Waals surface area contributed by atoms with Crippen LogP contribution in [0.2, 0.25) is 0 Å². The highest BCUT2D eigenvalue weighted by Crippen LogP contribution is 2.38. The molecule has 0 bridgehead atoms. The molecule has 3 aromatic rings. The van der Waals surface area contributed by atoms with E-state index < -0.39 is 29.8 Å². The lowest BCUT2D eigenvalue weighted by Crippen LogP contribution is -2.46. The third-order valence-corrected chi connectivity index (χ3v) is 5.88. The van der Waals surface area contributed by atoms with E-state index in [2.05, 4.69) is 15.4 Å². The van der Waals surface area contributed by atoms with Gasteiger partial charge in [-0.2, -0.15) is 18.3 Å². The standard InChI is InChI=1S/C23H21F3N4O4/c1-12-3-2-4-15(27-12)19-17-11-33-8-7-30(17)29-20(19)22(32)28-16-10-34-18-6-5-13(23(24,25)26)9-14(18)21(16)31/h2-6,9,16,21,31H,7-8,10-11H2,1H3,(H,28,32)/t16-,21?/m0/s1. The van der Waals surface area contributed by atoms with Crippen molar-refractivity contribution in [3.63, 3.8) is 0 Å². The number of benzene rings is 1. The first-order valence-electron chi connectivity index (χ1n) is 10.7. The highest BCUT2D eigenvalue weighted by Gasteiger charge is 2.37. The Balaban J connectivity index is 1.46. The van der Waals surface area contributed by atoms with Gasteiger partial charge in [0.2, 0.25) is 0 Å². The van der Waals surface area contributed by atoms with Crippen LogP contribution in [0.15, 0.2) is 36.4 Å². The van der Waals surface area contributed by atoms with Crippen LogP contribution in [-0.4, -0.2) is 45.0 Å². The number of hydrogen-bond donors (Lipinski definition) is 2. The van der Waals surface area contributed by atoms with Gasteiger partial charge in [-0.1, -0.05) is 6.07 Å². The predicted octanol–water partition coefficient (Wildman–Crippen LogP) is 3.03. The van der Waals surface area contributed by atoms with Crippen molar-refractivity contribution in [1.82, 2.24) is 20.1 Å². The van der Waals surface area contributed by atoms with Crippen LogP contribution in [0.5, 0.6) is 5.75 Å². The van der Waals surface area contributed by atoms with E-state index in [9.17, 15) is 23.1 Å². The van der Waals surface area contributed by atoms with Gasteiger partial charge < -0.3 is 19.9 Å². The molecule has 0 saturated heterocycles. The van der Waals surface area contributed by atoms with Gasteiger partial charge in [0.15, 0.2) is 5.69 Å². The van der Waals surface area contributed by atoms with Crippen molar-refractivity contribution in [3.8, 4) is 17.0 Å². The number of fused-ring (bicyclic) bond motifs is 2. The molecule has 178 valence electrons. The van der Waals surface area contributed by atoms with E-state index >= 15 is 0 Å².